The van der Waals surface area contributed by atoms with Crippen LogP contribution in [-0.2, 0) is 0 Å². The van der Waals surface area contributed by atoms with Gasteiger partial charge in [-0.25, -0.2) is 0 Å². The van der Waals surface area contributed by atoms with Crippen molar-refractivity contribution < 1.29 is 9.47 Å². The van der Waals surface area contributed by atoms with Crippen LogP contribution in [0.15, 0.2) is 42.5 Å². The Morgan fingerprint density at radius 2 is 1.71 bits per heavy atom. The van der Waals surface area contributed by atoms with Crippen LogP contribution in [0.1, 0.15) is 29.7 Å². The first kappa shape index (κ1) is 15.4. The van der Waals surface area contributed by atoms with E-state index in [1.807, 2.05) is 43.3 Å². The lowest BCUT2D eigenvalue weighted by atomic mass is 10.0. The van der Waals surface area contributed by atoms with Gasteiger partial charge in [-0.3, -0.25) is 0 Å². The molecule has 2 unspecified atom stereocenters. The molecule has 2 rings (SSSR count). The van der Waals surface area contributed by atoms with Gasteiger partial charge >= 0.3 is 0 Å². The van der Waals surface area contributed by atoms with Crippen molar-refractivity contribution in [1.82, 2.24) is 0 Å². The van der Waals surface area contributed by atoms with Crippen molar-refractivity contribution >= 4 is 0 Å². The summed E-state index contributed by atoms with van der Waals surface area (Å²) >= 11 is 0. The van der Waals surface area contributed by atoms with Crippen molar-refractivity contribution in [3.63, 3.8) is 0 Å². The van der Waals surface area contributed by atoms with Crippen molar-refractivity contribution in [2.24, 2.45) is 5.73 Å². The summed E-state index contributed by atoms with van der Waals surface area (Å²) in [5.74, 6) is 1.64. The summed E-state index contributed by atoms with van der Waals surface area (Å²) in [7, 11) is 1.66. The van der Waals surface area contributed by atoms with Gasteiger partial charge in [-0.2, -0.15) is 0 Å². The number of aryl methyl sites for hydroxylation is 2. The average Bonchev–Trinajstić information content (AvgIpc) is 2.48. The molecular formula is C18H23NO2. The van der Waals surface area contributed by atoms with Crippen LogP contribution in [0.25, 0.3) is 0 Å². The molecule has 0 heterocycles. The number of methoxy groups -OCH3 is 1. The molecule has 0 aliphatic heterocycles. The summed E-state index contributed by atoms with van der Waals surface area (Å²) in [6.07, 6.45) is -0.206. The Balaban J connectivity index is 2.28. The zero-order valence-corrected chi connectivity index (χ0v) is 13.1. The van der Waals surface area contributed by atoms with E-state index in [1.165, 1.54) is 11.1 Å². The van der Waals surface area contributed by atoms with Gasteiger partial charge in [0.1, 0.15) is 17.6 Å². The first-order chi connectivity index (χ1) is 10.0. The third kappa shape index (κ3) is 3.76. The highest BCUT2D eigenvalue weighted by Gasteiger charge is 2.19. The Morgan fingerprint density at radius 3 is 2.33 bits per heavy atom. The highest BCUT2D eigenvalue weighted by atomic mass is 16.5. The third-order valence-electron chi connectivity index (χ3n) is 3.64. The van der Waals surface area contributed by atoms with E-state index >= 15 is 0 Å². The highest BCUT2D eigenvalue weighted by molar-refractivity contribution is 5.36. The fourth-order valence-electron chi connectivity index (χ4n) is 2.23. The Labute approximate surface area is 126 Å². The Hall–Kier alpha value is -2.00. The maximum absolute atomic E-state index is 6.12. The molecule has 3 nitrogen and oxygen atoms in total. The molecule has 0 spiro atoms. The predicted molar refractivity (Wildman–Crippen MR) is 85.9 cm³/mol. The van der Waals surface area contributed by atoms with Gasteiger partial charge in [-0.1, -0.05) is 18.2 Å². The molecule has 0 aromatic heterocycles. The molecule has 112 valence electrons. The van der Waals surface area contributed by atoms with Crippen molar-refractivity contribution in [2.75, 3.05) is 7.11 Å². The number of benzene rings is 2. The van der Waals surface area contributed by atoms with Crippen molar-refractivity contribution in [3.8, 4) is 11.5 Å². The summed E-state index contributed by atoms with van der Waals surface area (Å²) in [4.78, 5) is 0. The average molecular weight is 285 g/mol. The van der Waals surface area contributed by atoms with Crippen molar-refractivity contribution in [1.29, 1.82) is 0 Å². The Bertz CT molecular complexity index is 608. The normalized spacial score (nSPS) is 13.6. The van der Waals surface area contributed by atoms with Crippen molar-refractivity contribution in [3.05, 3.63) is 59.2 Å². The lowest BCUT2D eigenvalue weighted by Crippen LogP contribution is -2.29. The van der Waals surface area contributed by atoms with Crippen LogP contribution in [-0.4, -0.2) is 13.2 Å². The zero-order chi connectivity index (χ0) is 15.4. The summed E-state index contributed by atoms with van der Waals surface area (Å²) in [5.41, 5.74) is 9.59. The third-order valence-corrected chi connectivity index (χ3v) is 3.64. The molecule has 0 saturated carbocycles. The quantitative estimate of drug-likeness (QED) is 0.909. The van der Waals surface area contributed by atoms with E-state index in [-0.39, 0.29) is 12.1 Å². The molecular weight excluding hydrogens is 262 g/mol. The second-order valence-electron chi connectivity index (χ2n) is 5.42. The number of nitrogens with two attached hydrogens (primary N) is 1. The van der Waals surface area contributed by atoms with E-state index in [4.69, 9.17) is 15.2 Å². The van der Waals surface area contributed by atoms with E-state index in [1.54, 1.807) is 7.11 Å². The molecule has 3 heteroatoms. The highest BCUT2D eigenvalue weighted by Crippen LogP contribution is 2.27. The molecule has 2 N–H and O–H groups in total. The molecule has 0 fully saturated rings. The van der Waals surface area contributed by atoms with Gasteiger partial charge in [0.25, 0.3) is 0 Å². The van der Waals surface area contributed by atoms with Gasteiger partial charge in [0.2, 0.25) is 0 Å². The predicted octanol–water partition coefficient (Wildman–Crippen LogP) is 3.78. The molecule has 0 aliphatic carbocycles. The Kier molecular flexibility index (Phi) is 4.86. The zero-order valence-electron chi connectivity index (χ0n) is 13.1. The molecule has 21 heavy (non-hydrogen) atoms. The van der Waals surface area contributed by atoms with Gasteiger partial charge < -0.3 is 15.2 Å². The van der Waals surface area contributed by atoms with Gasteiger partial charge in [-0.05, 0) is 61.7 Å². The Morgan fingerprint density at radius 1 is 0.952 bits per heavy atom. The monoisotopic (exact) mass is 285 g/mol. The molecule has 2 atom stereocenters. The van der Waals surface area contributed by atoms with E-state index in [9.17, 15) is 0 Å². The SMILES string of the molecule is COc1cccc(C(Oc2ccc(C)c(C)c2)C(C)N)c1. The first-order valence-corrected chi connectivity index (χ1v) is 7.14. The van der Waals surface area contributed by atoms with Crippen LogP contribution in [0.3, 0.4) is 0 Å². The molecule has 2 aromatic rings. The van der Waals surface area contributed by atoms with Crippen LogP contribution in [0, 0.1) is 13.8 Å². The first-order valence-electron chi connectivity index (χ1n) is 7.14. The second-order valence-corrected chi connectivity index (χ2v) is 5.42. The topological polar surface area (TPSA) is 44.5 Å². The lowest BCUT2D eigenvalue weighted by Gasteiger charge is -2.23. The molecule has 0 saturated heterocycles. The minimum absolute atomic E-state index is 0.126. The maximum Gasteiger partial charge on any atom is 0.139 e. The van der Waals surface area contributed by atoms with Gasteiger partial charge in [-0.15, -0.1) is 0 Å². The maximum atomic E-state index is 6.12. The van der Waals surface area contributed by atoms with Gasteiger partial charge in [0.05, 0.1) is 7.11 Å². The number of hydrogen-bond acceptors (Lipinski definition) is 3. The van der Waals surface area contributed by atoms with E-state index < -0.39 is 0 Å². The fourth-order valence-corrected chi connectivity index (χ4v) is 2.23. The van der Waals surface area contributed by atoms with Gasteiger partial charge in [0.15, 0.2) is 0 Å². The molecule has 0 radical (unpaired) electrons. The minimum Gasteiger partial charge on any atom is -0.497 e. The largest absolute Gasteiger partial charge is 0.497 e. The van der Waals surface area contributed by atoms with E-state index in [0.29, 0.717) is 0 Å². The van der Waals surface area contributed by atoms with Crippen LogP contribution in [0.2, 0.25) is 0 Å². The number of hydrogen-bond donors (Lipinski definition) is 1. The van der Waals surface area contributed by atoms with Crippen molar-refractivity contribution in [2.45, 2.75) is 32.9 Å². The van der Waals surface area contributed by atoms with Crippen LogP contribution < -0.4 is 15.2 Å². The van der Waals surface area contributed by atoms with Crippen LogP contribution in [0.5, 0.6) is 11.5 Å². The van der Waals surface area contributed by atoms with Crippen LogP contribution in [0.4, 0.5) is 0 Å². The molecule has 0 aliphatic rings. The fraction of sp³-hybridized carbons (Fsp3) is 0.333. The summed E-state index contributed by atoms with van der Waals surface area (Å²) in [6.45, 7) is 6.12. The molecule has 0 bridgehead atoms. The smallest absolute Gasteiger partial charge is 0.139 e. The summed E-state index contributed by atoms with van der Waals surface area (Å²) in [5, 5.41) is 0. The van der Waals surface area contributed by atoms with Crippen LogP contribution >= 0.6 is 0 Å². The summed E-state index contributed by atoms with van der Waals surface area (Å²) < 4.78 is 11.4. The molecule has 2 aromatic carbocycles. The summed E-state index contributed by atoms with van der Waals surface area (Å²) in [6, 6.07) is 13.8. The lowest BCUT2D eigenvalue weighted by molar-refractivity contribution is 0.180. The van der Waals surface area contributed by atoms with E-state index in [0.717, 1.165) is 17.1 Å². The number of rotatable bonds is 5. The molecule has 0 amide bonds. The number of ether oxygens (including phenoxy) is 2. The standard InChI is InChI=1S/C18H23NO2/c1-12-8-9-17(10-13(12)2)21-18(14(3)19)15-6-5-7-16(11-15)20-4/h5-11,14,18H,19H2,1-4H3. The second kappa shape index (κ2) is 6.64. The van der Waals surface area contributed by atoms with Gasteiger partial charge in [0, 0.05) is 6.04 Å². The minimum atomic E-state index is -0.206. The van der Waals surface area contributed by atoms with E-state index in [2.05, 4.69) is 19.9 Å².